The second kappa shape index (κ2) is 6.53. The van der Waals surface area contributed by atoms with E-state index in [4.69, 9.17) is 23.2 Å². The van der Waals surface area contributed by atoms with Crippen molar-refractivity contribution >= 4 is 34.5 Å². The normalized spacial score (nSPS) is 10.8. The molecule has 1 heterocycles. The minimum atomic E-state index is 0.676. The van der Waals surface area contributed by atoms with Gasteiger partial charge in [-0.1, -0.05) is 30.1 Å². The summed E-state index contributed by atoms with van der Waals surface area (Å²) < 4.78 is 0. The first-order valence-electron chi connectivity index (χ1n) is 5.81. The van der Waals surface area contributed by atoms with Crippen LogP contribution < -0.4 is 5.32 Å². The Bertz CT molecular complexity index is 525. The fraction of sp³-hybridized carbons (Fsp3) is 0.308. The molecule has 0 fully saturated rings. The topological polar surface area (TPSA) is 24.9 Å². The maximum atomic E-state index is 6.16. The number of thiazole rings is 1. The standard InChI is InChI=1S/C13H14Cl2N2S/c1-2-5-16-7-10-8-18-13(17-10)11-6-9(14)3-4-12(11)15/h3-4,6,8,16H,2,5,7H2,1H3. The summed E-state index contributed by atoms with van der Waals surface area (Å²) >= 11 is 13.7. The number of benzene rings is 1. The zero-order valence-electron chi connectivity index (χ0n) is 10.0. The highest BCUT2D eigenvalue weighted by Crippen LogP contribution is 2.32. The third-order valence-corrected chi connectivity index (χ3v) is 3.93. The van der Waals surface area contributed by atoms with Crippen LogP contribution in [0.1, 0.15) is 19.0 Å². The minimum Gasteiger partial charge on any atom is -0.311 e. The number of hydrogen-bond acceptors (Lipinski definition) is 3. The second-order valence-corrected chi connectivity index (χ2v) is 5.65. The fourth-order valence-electron chi connectivity index (χ4n) is 1.57. The van der Waals surface area contributed by atoms with Gasteiger partial charge in [0.25, 0.3) is 0 Å². The Morgan fingerprint density at radius 1 is 1.33 bits per heavy atom. The van der Waals surface area contributed by atoms with Gasteiger partial charge in [0.2, 0.25) is 0 Å². The molecule has 1 aromatic carbocycles. The molecule has 18 heavy (non-hydrogen) atoms. The molecule has 96 valence electrons. The monoisotopic (exact) mass is 300 g/mol. The molecule has 2 rings (SSSR count). The molecule has 1 N–H and O–H groups in total. The summed E-state index contributed by atoms with van der Waals surface area (Å²) in [6.45, 7) is 3.94. The molecule has 0 saturated heterocycles. The Labute approximate surface area is 121 Å². The van der Waals surface area contributed by atoms with Crippen molar-refractivity contribution in [2.24, 2.45) is 0 Å². The van der Waals surface area contributed by atoms with Crippen molar-refractivity contribution in [3.8, 4) is 10.6 Å². The van der Waals surface area contributed by atoms with Crippen molar-refractivity contribution in [3.05, 3.63) is 39.3 Å². The lowest BCUT2D eigenvalue weighted by Crippen LogP contribution is -2.13. The molecule has 0 radical (unpaired) electrons. The third kappa shape index (κ3) is 3.45. The molecule has 2 nitrogen and oxygen atoms in total. The van der Waals surface area contributed by atoms with E-state index in [2.05, 4.69) is 22.6 Å². The van der Waals surface area contributed by atoms with Gasteiger partial charge in [-0.05, 0) is 31.2 Å². The molecule has 1 aromatic heterocycles. The summed E-state index contributed by atoms with van der Waals surface area (Å²) in [7, 11) is 0. The number of rotatable bonds is 5. The van der Waals surface area contributed by atoms with E-state index in [-0.39, 0.29) is 0 Å². The average Bonchev–Trinajstić information content (AvgIpc) is 2.81. The molecule has 0 aliphatic rings. The van der Waals surface area contributed by atoms with E-state index in [0.717, 1.165) is 35.8 Å². The van der Waals surface area contributed by atoms with Crippen LogP contribution in [0.5, 0.6) is 0 Å². The molecular weight excluding hydrogens is 287 g/mol. The van der Waals surface area contributed by atoms with Gasteiger partial charge in [0.15, 0.2) is 0 Å². The lowest BCUT2D eigenvalue weighted by molar-refractivity contribution is 0.667. The molecule has 0 atom stereocenters. The molecule has 0 bridgehead atoms. The lowest BCUT2D eigenvalue weighted by atomic mass is 10.2. The van der Waals surface area contributed by atoms with Crippen LogP contribution in [0.4, 0.5) is 0 Å². The Hall–Kier alpha value is -0.610. The molecule has 2 aromatic rings. The zero-order chi connectivity index (χ0) is 13.0. The van der Waals surface area contributed by atoms with Gasteiger partial charge in [-0.25, -0.2) is 4.98 Å². The molecule has 0 saturated carbocycles. The van der Waals surface area contributed by atoms with E-state index in [1.54, 1.807) is 23.5 Å². The van der Waals surface area contributed by atoms with Crippen LogP contribution in [0.25, 0.3) is 10.6 Å². The van der Waals surface area contributed by atoms with E-state index in [1.165, 1.54) is 0 Å². The van der Waals surface area contributed by atoms with Crippen molar-refractivity contribution in [1.82, 2.24) is 10.3 Å². The van der Waals surface area contributed by atoms with Crippen molar-refractivity contribution in [2.45, 2.75) is 19.9 Å². The smallest absolute Gasteiger partial charge is 0.125 e. The molecule has 0 unspecified atom stereocenters. The lowest BCUT2D eigenvalue weighted by Gasteiger charge is -2.01. The van der Waals surface area contributed by atoms with Gasteiger partial charge in [-0.2, -0.15) is 0 Å². The zero-order valence-corrected chi connectivity index (χ0v) is 12.4. The van der Waals surface area contributed by atoms with Gasteiger partial charge in [-0.3, -0.25) is 0 Å². The maximum Gasteiger partial charge on any atom is 0.125 e. The van der Waals surface area contributed by atoms with Crippen LogP contribution in [-0.2, 0) is 6.54 Å². The molecule has 0 aliphatic heterocycles. The van der Waals surface area contributed by atoms with Gasteiger partial charge < -0.3 is 5.32 Å². The van der Waals surface area contributed by atoms with E-state index >= 15 is 0 Å². The van der Waals surface area contributed by atoms with Crippen LogP contribution in [0.15, 0.2) is 23.6 Å². The molecular formula is C13H14Cl2N2S. The minimum absolute atomic E-state index is 0.676. The van der Waals surface area contributed by atoms with Crippen molar-refractivity contribution in [2.75, 3.05) is 6.54 Å². The Kier molecular flexibility index (Phi) is 5.01. The number of nitrogens with zero attached hydrogens (tertiary/aromatic N) is 1. The van der Waals surface area contributed by atoms with Crippen LogP contribution in [0.2, 0.25) is 10.0 Å². The van der Waals surface area contributed by atoms with Crippen molar-refractivity contribution < 1.29 is 0 Å². The number of nitrogens with one attached hydrogen (secondary N) is 1. The summed E-state index contributed by atoms with van der Waals surface area (Å²) in [6, 6.07) is 5.44. The van der Waals surface area contributed by atoms with E-state index in [0.29, 0.717) is 10.0 Å². The summed E-state index contributed by atoms with van der Waals surface area (Å²) in [6.07, 6.45) is 1.12. The second-order valence-electron chi connectivity index (χ2n) is 3.94. The summed E-state index contributed by atoms with van der Waals surface area (Å²) in [5.74, 6) is 0. The van der Waals surface area contributed by atoms with Gasteiger partial charge in [-0.15, -0.1) is 11.3 Å². The first kappa shape index (κ1) is 13.8. The van der Waals surface area contributed by atoms with Gasteiger partial charge >= 0.3 is 0 Å². The maximum absolute atomic E-state index is 6.16. The van der Waals surface area contributed by atoms with E-state index < -0.39 is 0 Å². The summed E-state index contributed by atoms with van der Waals surface area (Å²) in [5.41, 5.74) is 1.94. The van der Waals surface area contributed by atoms with Crippen LogP contribution >= 0.6 is 34.5 Å². The first-order valence-corrected chi connectivity index (χ1v) is 7.45. The first-order chi connectivity index (χ1) is 8.70. The Balaban J connectivity index is 2.16. The number of hydrogen-bond donors (Lipinski definition) is 1. The van der Waals surface area contributed by atoms with Crippen LogP contribution in [-0.4, -0.2) is 11.5 Å². The van der Waals surface area contributed by atoms with E-state index in [9.17, 15) is 0 Å². The highest BCUT2D eigenvalue weighted by Gasteiger charge is 2.09. The van der Waals surface area contributed by atoms with E-state index in [1.807, 2.05) is 6.07 Å². The van der Waals surface area contributed by atoms with Crippen LogP contribution in [0.3, 0.4) is 0 Å². The Morgan fingerprint density at radius 3 is 2.94 bits per heavy atom. The van der Waals surface area contributed by atoms with Gasteiger partial charge in [0, 0.05) is 22.5 Å². The molecule has 5 heteroatoms. The predicted molar refractivity (Wildman–Crippen MR) is 79.6 cm³/mol. The third-order valence-electron chi connectivity index (χ3n) is 2.44. The summed E-state index contributed by atoms with van der Waals surface area (Å²) in [4.78, 5) is 4.57. The molecule has 0 aliphatic carbocycles. The Morgan fingerprint density at radius 2 is 2.17 bits per heavy atom. The highest BCUT2D eigenvalue weighted by atomic mass is 35.5. The highest BCUT2D eigenvalue weighted by molar-refractivity contribution is 7.13. The van der Waals surface area contributed by atoms with Gasteiger partial charge in [0.1, 0.15) is 5.01 Å². The predicted octanol–water partition coefficient (Wildman–Crippen LogP) is 4.62. The fourth-order valence-corrected chi connectivity index (χ4v) is 2.85. The SMILES string of the molecule is CCCNCc1csc(-c2cc(Cl)ccc2Cl)n1. The average molecular weight is 301 g/mol. The van der Waals surface area contributed by atoms with Crippen molar-refractivity contribution in [3.63, 3.8) is 0 Å². The largest absolute Gasteiger partial charge is 0.311 e. The molecule has 0 amide bonds. The quantitative estimate of drug-likeness (QED) is 0.815. The molecule has 0 spiro atoms. The number of halogens is 2. The van der Waals surface area contributed by atoms with Crippen molar-refractivity contribution in [1.29, 1.82) is 0 Å². The summed E-state index contributed by atoms with van der Waals surface area (Å²) in [5, 5.41) is 7.65. The van der Waals surface area contributed by atoms with Crippen LogP contribution in [0, 0.1) is 0 Å². The van der Waals surface area contributed by atoms with Gasteiger partial charge in [0.05, 0.1) is 10.7 Å². The number of aromatic nitrogens is 1.